The smallest absolute Gasteiger partial charge is 0.225 e. The number of hydrogen-bond acceptors (Lipinski definition) is 5. The molecular formula is C19H23N3O3S. The molecule has 0 saturated carbocycles. The maximum absolute atomic E-state index is 12.2. The van der Waals surface area contributed by atoms with Crippen LogP contribution in [0.1, 0.15) is 18.4 Å². The van der Waals surface area contributed by atoms with Crippen LogP contribution in [0.25, 0.3) is 11.3 Å². The fourth-order valence-corrected chi connectivity index (χ4v) is 3.82. The number of hydrogen-bond donors (Lipinski definition) is 1. The van der Waals surface area contributed by atoms with Crippen LogP contribution >= 0.6 is 11.3 Å². The van der Waals surface area contributed by atoms with Crippen molar-refractivity contribution >= 4 is 23.2 Å². The van der Waals surface area contributed by atoms with E-state index in [2.05, 4.69) is 10.3 Å². The summed E-state index contributed by atoms with van der Waals surface area (Å²) in [5, 5.41) is 5.94. The van der Waals surface area contributed by atoms with Crippen molar-refractivity contribution in [2.75, 3.05) is 26.7 Å². The Kier molecular flexibility index (Phi) is 5.88. The predicted molar refractivity (Wildman–Crippen MR) is 101 cm³/mol. The molecule has 3 rings (SSSR count). The zero-order valence-corrected chi connectivity index (χ0v) is 15.8. The Hall–Kier alpha value is -2.41. The van der Waals surface area contributed by atoms with Gasteiger partial charge in [-0.05, 0) is 31.2 Å². The Morgan fingerprint density at radius 1 is 1.38 bits per heavy atom. The number of thiazole rings is 1. The number of benzene rings is 1. The third kappa shape index (κ3) is 4.22. The Labute approximate surface area is 157 Å². The van der Waals surface area contributed by atoms with Gasteiger partial charge in [-0.25, -0.2) is 4.98 Å². The van der Waals surface area contributed by atoms with E-state index in [4.69, 9.17) is 4.74 Å². The van der Waals surface area contributed by atoms with E-state index in [-0.39, 0.29) is 17.7 Å². The summed E-state index contributed by atoms with van der Waals surface area (Å²) in [5.41, 5.74) is 1.97. The minimum absolute atomic E-state index is 0.0405. The van der Waals surface area contributed by atoms with Crippen LogP contribution in [0.4, 0.5) is 0 Å². The lowest BCUT2D eigenvalue weighted by atomic mass is 10.1. The maximum atomic E-state index is 12.2. The molecule has 26 heavy (non-hydrogen) atoms. The fraction of sp³-hybridized carbons (Fsp3) is 0.421. The third-order valence-electron chi connectivity index (χ3n) is 4.54. The summed E-state index contributed by atoms with van der Waals surface area (Å²) in [7, 11) is 1.64. The summed E-state index contributed by atoms with van der Waals surface area (Å²) in [6.45, 7) is 3.65. The SMILES string of the molecule is CCN1CC(C(=O)NCCc2nc(-c3ccc(OC)cc3)cs2)CC1=O. The van der Waals surface area contributed by atoms with Gasteiger partial charge in [0.25, 0.3) is 0 Å². The fourth-order valence-electron chi connectivity index (χ4n) is 3.01. The van der Waals surface area contributed by atoms with Crippen molar-refractivity contribution < 1.29 is 14.3 Å². The Morgan fingerprint density at radius 2 is 2.15 bits per heavy atom. The summed E-state index contributed by atoms with van der Waals surface area (Å²) in [4.78, 5) is 30.3. The molecule has 2 amide bonds. The van der Waals surface area contributed by atoms with Crippen LogP contribution in [0, 0.1) is 5.92 Å². The topological polar surface area (TPSA) is 71.5 Å². The van der Waals surface area contributed by atoms with Crippen molar-refractivity contribution in [2.24, 2.45) is 5.92 Å². The first kappa shape index (κ1) is 18.4. The van der Waals surface area contributed by atoms with Crippen molar-refractivity contribution in [3.8, 4) is 17.0 Å². The van der Waals surface area contributed by atoms with Gasteiger partial charge in [-0.3, -0.25) is 9.59 Å². The van der Waals surface area contributed by atoms with Gasteiger partial charge < -0.3 is 15.0 Å². The quantitative estimate of drug-likeness (QED) is 0.809. The molecule has 138 valence electrons. The van der Waals surface area contributed by atoms with Gasteiger partial charge in [-0.1, -0.05) is 0 Å². The number of ether oxygens (including phenoxy) is 1. The van der Waals surface area contributed by atoms with Gasteiger partial charge in [0.2, 0.25) is 11.8 Å². The first-order valence-electron chi connectivity index (χ1n) is 8.75. The molecular weight excluding hydrogens is 350 g/mol. The molecule has 0 bridgehead atoms. The van der Waals surface area contributed by atoms with Gasteiger partial charge in [0.05, 0.1) is 23.7 Å². The largest absolute Gasteiger partial charge is 0.497 e. The zero-order valence-electron chi connectivity index (χ0n) is 15.0. The molecule has 1 fully saturated rings. The van der Waals surface area contributed by atoms with Crippen molar-refractivity contribution in [1.29, 1.82) is 0 Å². The molecule has 0 spiro atoms. The number of nitrogens with zero attached hydrogens (tertiary/aromatic N) is 2. The van der Waals surface area contributed by atoms with Crippen LogP contribution in [0.5, 0.6) is 5.75 Å². The highest BCUT2D eigenvalue weighted by Gasteiger charge is 2.33. The van der Waals surface area contributed by atoms with Gasteiger partial charge in [0.1, 0.15) is 5.75 Å². The number of likely N-dealkylation sites (tertiary alicyclic amines) is 1. The second kappa shape index (κ2) is 8.31. The highest BCUT2D eigenvalue weighted by Crippen LogP contribution is 2.24. The van der Waals surface area contributed by atoms with Crippen molar-refractivity contribution in [1.82, 2.24) is 15.2 Å². The summed E-state index contributed by atoms with van der Waals surface area (Å²) in [6.07, 6.45) is 1.00. The van der Waals surface area contributed by atoms with Crippen molar-refractivity contribution in [2.45, 2.75) is 19.8 Å². The molecule has 6 nitrogen and oxygen atoms in total. The van der Waals surface area contributed by atoms with E-state index in [0.717, 1.165) is 22.0 Å². The van der Waals surface area contributed by atoms with Crippen LogP contribution in [-0.4, -0.2) is 48.4 Å². The molecule has 0 aliphatic carbocycles. The predicted octanol–water partition coefficient (Wildman–Crippen LogP) is 2.35. The molecule has 1 aliphatic heterocycles. The molecule has 1 aromatic heterocycles. The summed E-state index contributed by atoms with van der Waals surface area (Å²) < 4.78 is 5.17. The standard InChI is InChI=1S/C19H23N3O3S/c1-3-22-11-14(10-18(22)23)19(24)20-9-8-17-21-16(12-26-17)13-4-6-15(25-2)7-5-13/h4-7,12,14H,3,8-11H2,1-2H3,(H,20,24). The lowest BCUT2D eigenvalue weighted by molar-refractivity contribution is -0.128. The van der Waals surface area contributed by atoms with Crippen LogP contribution in [0.3, 0.4) is 0 Å². The number of carbonyl (C=O) groups is 2. The molecule has 1 atom stereocenters. The normalized spacial score (nSPS) is 16.8. The van der Waals surface area contributed by atoms with Crippen LogP contribution in [-0.2, 0) is 16.0 Å². The summed E-state index contributed by atoms with van der Waals surface area (Å²) in [5.74, 6) is 0.616. The molecule has 1 saturated heterocycles. The van der Waals surface area contributed by atoms with Crippen molar-refractivity contribution in [3.63, 3.8) is 0 Å². The van der Waals surface area contributed by atoms with Gasteiger partial charge in [0.15, 0.2) is 0 Å². The molecule has 1 unspecified atom stereocenters. The van der Waals surface area contributed by atoms with Gasteiger partial charge in [-0.15, -0.1) is 11.3 Å². The minimum Gasteiger partial charge on any atom is -0.497 e. The number of aromatic nitrogens is 1. The number of amides is 2. The average molecular weight is 373 g/mol. The van der Waals surface area contributed by atoms with Gasteiger partial charge >= 0.3 is 0 Å². The van der Waals surface area contributed by atoms with E-state index < -0.39 is 0 Å². The molecule has 1 N–H and O–H groups in total. The van der Waals surface area contributed by atoms with Gasteiger partial charge in [-0.2, -0.15) is 0 Å². The Morgan fingerprint density at radius 3 is 2.81 bits per heavy atom. The lowest BCUT2D eigenvalue weighted by Crippen LogP contribution is -2.34. The first-order valence-corrected chi connectivity index (χ1v) is 9.63. The first-order chi connectivity index (χ1) is 12.6. The van der Waals surface area contributed by atoms with Crippen LogP contribution in [0.2, 0.25) is 0 Å². The van der Waals surface area contributed by atoms with E-state index in [0.29, 0.717) is 32.5 Å². The zero-order chi connectivity index (χ0) is 18.5. The van der Waals surface area contributed by atoms with Crippen LogP contribution in [0.15, 0.2) is 29.6 Å². The summed E-state index contributed by atoms with van der Waals surface area (Å²) >= 11 is 1.59. The minimum atomic E-state index is -0.228. The van der Waals surface area contributed by atoms with Gasteiger partial charge in [0, 0.05) is 43.4 Å². The highest BCUT2D eigenvalue weighted by molar-refractivity contribution is 7.09. The molecule has 2 heterocycles. The number of methoxy groups -OCH3 is 1. The lowest BCUT2D eigenvalue weighted by Gasteiger charge is -2.13. The second-order valence-corrected chi connectivity index (χ2v) is 7.17. The maximum Gasteiger partial charge on any atom is 0.225 e. The molecule has 0 radical (unpaired) electrons. The van der Waals surface area contributed by atoms with E-state index in [1.54, 1.807) is 23.3 Å². The average Bonchev–Trinajstić information content (AvgIpc) is 3.28. The monoisotopic (exact) mass is 373 g/mol. The molecule has 1 aliphatic rings. The van der Waals surface area contributed by atoms with E-state index in [9.17, 15) is 9.59 Å². The Balaban J connectivity index is 1.49. The van der Waals surface area contributed by atoms with E-state index in [1.165, 1.54) is 0 Å². The number of nitrogens with one attached hydrogen (secondary N) is 1. The Bertz CT molecular complexity index is 773. The van der Waals surface area contributed by atoms with Crippen molar-refractivity contribution in [3.05, 3.63) is 34.7 Å². The van der Waals surface area contributed by atoms with Crippen LogP contribution < -0.4 is 10.1 Å². The molecule has 1 aromatic carbocycles. The number of rotatable bonds is 7. The molecule has 2 aromatic rings. The summed E-state index contributed by atoms with van der Waals surface area (Å²) in [6, 6.07) is 7.79. The van der Waals surface area contributed by atoms with E-state index in [1.807, 2.05) is 36.6 Å². The third-order valence-corrected chi connectivity index (χ3v) is 5.45. The number of carbonyl (C=O) groups excluding carboxylic acids is 2. The molecule has 7 heteroatoms. The highest BCUT2D eigenvalue weighted by atomic mass is 32.1. The second-order valence-electron chi connectivity index (χ2n) is 6.23. The van der Waals surface area contributed by atoms with E-state index >= 15 is 0 Å².